The maximum atomic E-state index is 4.67. The molecule has 1 fully saturated rings. The zero-order valence-electron chi connectivity index (χ0n) is 13.0. The second kappa shape index (κ2) is 7.55. The van der Waals surface area contributed by atoms with Crippen LogP contribution < -0.4 is 10.2 Å². The van der Waals surface area contributed by atoms with Crippen molar-refractivity contribution < 1.29 is 0 Å². The first-order valence-electron chi connectivity index (χ1n) is 7.63. The predicted molar refractivity (Wildman–Crippen MR) is 83.0 cm³/mol. The number of hydrogen-bond donors (Lipinski definition) is 1. The van der Waals surface area contributed by atoms with Crippen molar-refractivity contribution in [2.45, 2.75) is 39.3 Å². The monoisotopic (exact) mass is 277 g/mol. The molecule has 0 atom stereocenters. The van der Waals surface area contributed by atoms with Gasteiger partial charge in [0.25, 0.3) is 0 Å². The molecule has 5 heteroatoms. The Balaban J connectivity index is 1.84. The van der Waals surface area contributed by atoms with Crippen LogP contribution in [0.5, 0.6) is 0 Å². The third kappa shape index (κ3) is 4.72. The molecule has 5 nitrogen and oxygen atoms in total. The molecule has 112 valence electrons. The first-order chi connectivity index (χ1) is 9.65. The Hall–Kier alpha value is -1.20. The van der Waals surface area contributed by atoms with Crippen LogP contribution in [0.3, 0.4) is 0 Å². The van der Waals surface area contributed by atoms with Gasteiger partial charge in [0.05, 0.1) is 11.9 Å². The molecule has 1 N–H and O–H groups in total. The minimum Gasteiger partial charge on any atom is -0.357 e. The van der Waals surface area contributed by atoms with Gasteiger partial charge in [-0.2, -0.15) is 0 Å². The molecule has 1 aromatic heterocycles. The van der Waals surface area contributed by atoms with Gasteiger partial charge in [0.1, 0.15) is 5.82 Å². The summed E-state index contributed by atoms with van der Waals surface area (Å²) >= 11 is 0. The van der Waals surface area contributed by atoms with E-state index in [4.69, 9.17) is 0 Å². The number of likely N-dealkylation sites (tertiary alicyclic amines) is 1. The largest absolute Gasteiger partial charge is 0.357 e. The smallest absolute Gasteiger partial charge is 0.147 e. The highest BCUT2D eigenvalue weighted by atomic mass is 15.2. The van der Waals surface area contributed by atoms with E-state index >= 15 is 0 Å². The highest BCUT2D eigenvalue weighted by molar-refractivity contribution is 5.35. The lowest BCUT2D eigenvalue weighted by Crippen LogP contribution is -2.32. The number of aromatic nitrogens is 2. The van der Waals surface area contributed by atoms with Crippen LogP contribution in [0, 0.1) is 0 Å². The van der Waals surface area contributed by atoms with Crippen LogP contribution in [0.15, 0.2) is 12.4 Å². The Kier molecular flexibility index (Phi) is 5.73. The molecule has 0 aliphatic carbocycles. The standard InChI is InChI=1S/C15H27N5/c1-13(2)17-11-14-10-16-12-15(18-14)19(3)8-9-20-6-4-5-7-20/h10,12-13,17H,4-9,11H2,1-3H3. The maximum Gasteiger partial charge on any atom is 0.147 e. The van der Waals surface area contributed by atoms with Crippen LogP contribution in [0.4, 0.5) is 5.82 Å². The van der Waals surface area contributed by atoms with Crippen LogP contribution in [-0.2, 0) is 6.54 Å². The molecule has 2 rings (SSSR count). The van der Waals surface area contributed by atoms with Gasteiger partial charge in [-0.1, -0.05) is 13.8 Å². The van der Waals surface area contributed by atoms with Crippen LogP contribution in [0.2, 0.25) is 0 Å². The SMILES string of the molecule is CC(C)NCc1cncc(N(C)CCN2CCCC2)n1. The fourth-order valence-electron chi connectivity index (χ4n) is 2.38. The quantitative estimate of drug-likeness (QED) is 0.818. The van der Waals surface area contributed by atoms with E-state index in [1.54, 1.807) is 0 Å². The fraction of sp³-hybridized carbons (Fsp3) is 0.733. The van der Waals surface area contributed by atoms with Gasteiger partial charge in [0.15, 0.2) is 0 Å². The average molecular weight is 277 g/mol. The van der Waals surface area contributed by atoms with Crippen LogP contribution >= 0.6 is 0 Å². The summed E-state index contributed by atoms with van der Waals surface area (Å²) in [5.41, 5.74) is 1.00. The van der Waals surface area contributed by atoms with Gasteiger partial charge in [-0.3, -0.25) is 4.98 Å². The second-order valence-electron chi connectivity index (χ2n) is 5.87. The topological polar surface area (TPSA) is 44.3 Å². The third-order valence-electron chi connectivity index (χ3n) is 3.70. The molecule has 1 aliphatic rings. The normalized spacial score (nSPS) is 16.0. The molecule has 0 unspecified atom stereocenters. The molecule has 1 saturated heterocycles. The number of nitrogens with one attached hydrogen (secondary N) is 1. The van der Waals surface area contributed by atoms with Crippen molar-refractivity contribution in [3.8, 4) is 0 Å². The van der Waals surface area contributed by atoms with E-state index in [2.05, 4.69) is 46.0 Å². The Morgan fingerprint density at radius 3 is 2.75 bits per heavy atom. The van der Waals surface area contributed by atoms with Crippen molar-refractivity contribution in [3.05, 3.63) is 18.1 Å². The second-order valence-corrected chi connectivity index (χ2v) is 5.87. The van der Waals surface area contributed by atoms with E-state index < -0.39 is 0 Å². The molecule has 0 amide bonds. The molecule has 1 aromatic rings. The number of likely N-dealkylation sites (N-methyl/N-ethyl adjacent to an activating group) is 1. The summed E-state index contributed by atoms with van der Waals surface area (Å²) in [7, 11) is 2.10. The summed E-state index contributed by atoms with van der Waals surface area (Å²) in [5, 5.41) is 3.38. The van der Waals surface area contributed by atoms with E-state index in [1.807, 2.05) is 12.4 Å². The number of rotatable bonds is 7. The van der Waals surface area contributed by atoms with Gasteiger partial charge in [0, 0.05) is 38.9 Å². The summed E-state index contributed by atoms with van der Waals surface area (Å²) in [6, 6.07) is 0.466. The number of hydrogen-bond acceptors (Lipinski definition) is 5. The van der Waals surface area contributed by atoms with Crippen molar-refractivity contribution in [3.63, 3.8) is 0 Å². The fourth-order valence-corrected chi connectivity index (χ4v) is 2.38. The lowest BCUT2D eigenvalue weighted by atomic mass is 10.3. The van der Waals surface area contributed by atoms with E-state index in [9.17, 15) is 0 Å². The van der Waals surface area contributed by atoms with Crippen molar-refractivity contribution in [2.24, 2.45) is 0 Å². The lowest BCUT2D eigenvalue weighted by molar-refractivity contribution is 0.346. The van der Waals surface area contributed by atoms with E-state index in [0.717, 1.165) is 31.1 Å². The first kappa shape index (κ1) is 15.2. The maximum absolute atomic E-state index is 4.67. The molecule has 0 saturated carbocycles. The molecule has 20 heavy (non-hydrogen) atoms. The summed E-state index contributed by atoms with van der Waals surface area (Å²) in [5.74, 6) is 0.965. The number of anilines is 1. The van der Waals surface area contributed by atoms with Gasteiger partial charge >= 0.3 is 0 Å². The Morgan fingerprint density at radius 2 is 2.05 bits per heavy atom. The highest BCUT2D eigenvalue weighted by Gasteiger charge is 2.12. The molecular formula is C15H27N5. The summed E-state index contributed by atoms with van der Waals surface area (Å²) < 4.78 is 0. The van der Waals surface area contributed by atoms with Gasteiger partial charge in [0.2, 0.25) is 0 Å². The predicted octanol–water partition coefficient (Wildman–Crippen LogP) is 1.51. The minimum atomic E-state index is 0.466. The lowest BCUT2D eigenvalue weighted by Gasteiger charge is -2.22. The van der Waals surface area contributed by atoms with Gasteiger partial charge in [-0.15, -0.1) is 0 Å². The summed E-state index contributed by atoms with van der Waals surface area (Å²) in [4.78, 5) is 13.7. The van der Waals surface area contributed by atoms with Crippen LogP contribution in [0.25, 0.3) is 0 Å². The summed E-state index contributed by atoms with van der Waals surface area (Å²) in [6.45, 7) is 9.68. The Labute approximate surface area is 122 Å². The van der Waals surface area contributed by atoms with Crippen molar-refractivity contribution in [1.29, 1.82) is 0 Å². The Morgan fingerprint density at radius 1 is 1.30 bits per heavy atom. The van der Waals surface area contributed by atoms with Crippen molar-refractivity contribution >= 4 is 5.82 Å². The van der Waals surface area contributed by atoms with Crippen molar-refractivity contribution in [2.75, 3.05) is 38.1 Å². The zero-order chi connectivity index (χ0) is 14.4. The molecule has 0 spiro atoms. The van der Waals surface area contributed by atoms with Gasteiger partial charge in [-0.25, -0.2) is 4.98 Å². The Bertz CT molecular complexity index is 401. The van der Waals surface area contributed by atoms with E-state index in [0.29, 0.717) is 6.04 Å². The van der Waals surface area contributed by atoms with Crippen LogP contribution in [-0.4, -0.2) is 54.1 Å². The molecule has 0 aromatic carbocycles. The van der Waals surface area contributed by atoms with E-state index in [1.165, 1.54) is 25.9 Å². The molecule has 0 radical (unpaired) electrons. The highest BCUT2D eigenvalue weighted by Crippen LogP contribution is 2.10. The molecular weight excluding hydrogens is 250 g/mol. The summed E-state index contributed by atoms with van der Waals surface area (Å²) in [6.07, 6.45) is 6.38. The third-order valence-corrected chi connectivity index (χ3v) is 3.70. The molecule has 2 heterocycles. The van der Waals surface area contributed by atoms with Gasteiger partial charge in [-0.05, 0) is 25.9 Å². The van der Waals surface area contributed by atoms with E-state index in [-0.39, 0.29) is 0 Å². The average Bonchev–Trinajstić information content (AvgIpc) is 2.96. The molecule has 1 aliphatic heterocycles. The van der Waals surface area contributed by atoms with Gasteiger partial charge < -0.3 is 15.1 Å². The zero-order valence-corrected chi connectivity index (χ0v) is 13.0. The molecule has 0 bridgehead atoms. The first-order valence-corrected chi connectivity index (χ1v) is 7.63. The minimum absolute atomic E-state index is 0.466. The number of nitrogens with zero attached hydrogens (tertiary/aromatic N) is 4. The van der Waals surface area contributed by atoms with Crippen molar-refractivity contribution in [1.82, 2.24) is 20.2 Å². The van der Waals surface area contributed by atoms with Crippen LogP contribution in [0.1, 0.15) is 32.4 Å².